The summed E-state index contributed by atoms with van der Waals surface area (Å²) in [5.41, 5.74) is 0.709. The minimum atomic E-state index is 0.0406. The molecule has 0 atom stereocenters. The van der Waals surface area contributed by atoms with Gasteiger partial charge in [0.2, 0.25) is 5.91 Å². The van der Waals surface area contributed by atoms with Gasteiger partial charge in [0.1, 0.15) is 5.49 Å². The van der Waals surface area contributed by atoms with E-state index in [1.807, 2.05) is 62.4 Å². The fourth-order valence-electron chi connectivity index (χ4n) is 1.75. The number of nitrogens with zero attached hydrogens (tertiary/aromatic N) is 2. The lowest BCUT2D eigenvalue weighted by molar-refractivity contribution is 0.0936. The maximum atomic E-state index is 12.3. The predicted molar refractivity (Wildman–Crippen MR) is 82.9 cm³/mol. The normalized spacial score (nSPS) is 11.8. The Morgan fingerprint density at radius 2 is 1.85 bits per heavy atom. The smallest absolute Gasteiger partial charge is 0.242 e. The highest BCUT2D eigenvalue weighted by molar-refractivity contribution is 8.00. The van der Waals surface area contributed by atoms with Gasteiger partial charge in [-0.15, -0.1) is 11.8 Å². The molecule has 0 aliphatic heterocycles. The molecule has 3 nitrogen and oxygen atoms in total. The molecule has 0 aliphatic rings. The molecule has 1 aromatic heterocycles. The summed E-state index contributed by atoms with van der Waals surface area (Å²) in [4.78, 5) is 17.9. The second-order valence-corrected chi connectivity index (χ2v) is 5.70. The molecule has 2 rings (SSSR count). The second-order valence-electron chi connectivity index (χ2n) is 4.65. The molecule has 1 aromatic carbocycles. The van der Waals surface area contributed by atoms with Crippen molar-refractivity contribution in [2.45, 2.75) is 24.8 Å². The molecule has 0 aliphatic carbocycles. The van der Waals surface area contributed by atoms with E-state index >= 15 is 0 Å². The van der Waals surface area contributed by atoms with Crippen LogP contribution in [-0.4, -0.2) is 22.3 Å². The van der Waals surface area contributed by atoms with Crippen LogP contribution in [0.1, 0.15) is 18.6 Å². The number of aromatic nitrogens is 1. The van der Waals surface area contributed by atoms with E-state index in [0.29, 0.717) is 11.2 Å². The molecule has 0 amide bonds. The van der Waals surface area contributed by atoms with Crippen molar-refractivity contribution >= 4 is 17.7 Å². The minimum Gasteiger partial charge on any atom is -0.273 e. The average Bonchev–Trinajstić information content (AvgIpc) is 2.46. The standard InChI is InChI=1S/C16H18N2OS/c1-13(2)17-15-10-6-7-11-18(15)16(19)12-20-14-8-4-3-5-9-14/h3-11,13H,12H2,1-2H3. The van der Waals surface area contributed by atoms with Crippen LogP contribution in [-0.2, 0) is 0 Å². The van der Waals surface area contributed by atoms with Gasteiger partial charge in [0.15, 0.2) is 0 Å². The van der Waals surface area contributed by atoms with Crippen molar-refractivity contribution in [3.05, 3.63) is 60.2 Å². The van der Waals surface area contributed by atoms with Crippen LogP contribution in [0.5, 0.6) is 0 Å². The Kier molecular flexibility index (Phi) is 5.18. The van der Waals surface area contributed by atoms with E-state index in [0.717, 1.165) is 4.90 Å². The zero-order chi connectivity index (χ0) is 14.4. The zero-order valence-electron chi connectivity index (χ0n) is 11.7. The molecule has 0 saturated heterocycles. The van der Waals surface area contributed by atoms with Gasteiger partial charge >= 0.3 is 0 Å². The van der Waals surface area contributed by atoms with E-state index in [9.17, 15) is 4.79 Å². The number of thioether (sulfide) groups is 1. The van der Waals surface area contributed by atoms with Crippen molar-refractivity contribution in [3.63, 3.8) is 0 Å². The van der Waals surface area contributed by atoms with E-state index in [4.69, 9.17) is 0 Å². The maximum absolute atomic E-state index is 12.3. The molecule has 20 heavy (non-hydrogen) atoms. The van der Waals surface area contributed by atoms with Crippen molar-refractivity contribution in [3.8, 4) is 0 Å². The van der Waals surface area contributed by atoms with Gasteiger partial charge in [-0.05, 0) is 38.1 Å². The van der Waals surface area contributed by atoms with Crippen molar-refractivity contribution < 1.29 is 4.79 Å². The SMILES string of the molecule is CC(C)N=c1ccccn1C(=O)CSc1ccccc1. The molecule has 4 heteroatoms. The summed E-state index contributed by atoms with van der Waals surface area (Å²) in [6.45, 7) is 4.00. The Balaban J connectivity index is 2.14. The highest BCUT2D eigenvalue weighted by atomic mass is 32.2. The minimum absolute atomic E-state index is 0.0406. The van der Waals surface area contributed by atoms with E-state index < -0.39 is 0 Å². The lowest BCUT2D eigenvalue weighted by Crippen LogP contribution is -2.28. The van der Waals surface area contributed by atoms with E-state index in [1.54, 1.807) is 10.8 Å². The van der Waals surface area contributed by atoms with Gasteiger partial charge in [-0.2, -0.15) is 0 Å². The van der Waals surface area contributed by atoms with Crippen LogP contribution in [0.2, 0.25) is 0 Å². The molecule has 0 radical (unpaired) electrons. The maximum Gasteiger partial charge on any atom is 0.242 e. The van der Waals surface area contributed by atoms with Gasteiger partial charge in [0.25, 0.3) is 0 Å². The number of pyridine rings is 1. The molecule has 0 bridgehead atoms. The molecule has 104 valence electrons. The molecule has 0 spiro atoms. The Morgan fingerprint density at radius 1 is 1.15 bits per heavy atom. The molecule has 0 saturated carbocycles. The van der Waals surface area contributed by atoms with Gasteiger partial charge in [-0.25, -0.2) is 0 Å². The fourth-order valence-corrected chi connectivity index (χ4v) is 2.52. The van der Waals surface area contributed by atoms with E-state index in [1.165, 1.54) is 11.8 Å². The van der Waals surface area contributed by atoms with Crippen LogP contribution in [0.25, 0.3) is 0 Å². The quantitative estimate of drug-likeness (QED) is 0.809. The third-order valence-corrected chi connectivity index (χ3v) is 3.60. The number of hydrogen-bond acceptors (Lipinski definition) is 3. The van der Waals surface area contributed by atoms with Gasteiger partial charge in [0, 0.05) is 17.1 Å². The summed E-state index contributed by atoms with van der Waals surface area (Å²) in [6.07, 6.45) is 1.77. The van der Waals surface area contributed by atoms with E-state index in [-0.39, 0.29) is 11.9 Å². The Labute approximate surface area is 123 Å². The number of hydrogen-bond donors (Lipinski definition) is 0. The van der Waals surface area contributed by atoms with Crippen LogP contribution in [0.3, 0.4) is 0 Å². The molecular weight excluding hydrogens is 268 g/mol. The molecule has 0 N–H and O–H groups in total. The van der Waals surface area contributed by atoms with E-state index in [2.05, 4.69) is 4.99 Å². The van der Waals surface area contributed by atoms with Crippen LogP contribution in [0.15, 0.2) is 64.6 Å². The number of rotatable bonds is 4. The summed E-state index contributed by atoms with van der Waals surface area (Å²) < 4.78 is 1.62. The van der Waals surface area contributed by atoms with Crippen molar-refractivity contribution in [2.75, 3.05) is 5.75 Å². The average molecular weight is 286 g/mol. The topological polar surface area (TPSA) is 34.4 Å². The Morgan fingerprint density at radius 3 is 2.55 bits per heavy atom. The molecule has 2 aromatic rings. The molecule has 0 unspecified atom stereocenters. The second kappa shape index (κ2) is 7.10. The molecule has 1 heterocycles. The third-order valence-electron chi connectivity index (χ3n) is 2.60. The van der Waals surface area contributed by atoms with Gasteiger partial charge in [-0.1, -0.05) is 24.3 Å². The highest BCUT2D eigenvalue weighted by Gasteiger charge is 2.06. The van der Waals surface area contributed by atoms with Crippen LogP contribution in [0, 0.1) is 0 Å². The van der Waals surface area contributed by atoms with Crippen molar-refractivity contribution in [1.29, 1.82) is 0 Å². The predicted octanol–water partition coefficient (Wildman–Crippen LogP) is 3.23. The summed E-state index contributed by atoms with van der Waals surface area (Å²) in [7, 11) is 0. The first-order chi connectivity index (χ1) is 9.66. The number of benzene rings is 1. The summed E-state index contributed by atoms with van der Waals surface area (Å²) in [5.74, 6) is 0.443. The zero-order valence-corrected chi connectivity index (χ0v) is 12.5. The van der Waals surface area contributed by atoms with Crippen molar-refractivity contribution in [1.82, 2.24) is 4.57 Å². The van der Waals surface area contributed by atoms with Crippen LogP contribution < -0.4 is 5.49 Å². The Hall–Kier alpha value is -1.81. The van der Waals surface area contributed by atoms with Crippen LogP contribution >= 0.6 is 11.8 Å². The first-order valence-corrected chi connectivity index (χ1v) is 7.58. The largest absolute Gasteiger partial charge is 0.273 e. The number of carbonyl (C=O) groups is 1. The Bertz CT molecular complexity index is 632. The van der Waals surface area contributed by atoms with Gasteiger partial charge in [-0.3, -0.25) is 14.4 Å². The van der Waals surface area contributed by atoms with Gasteiger partial charge < -0.3 is 0 Å². The molecular formula is C16H18N2OS. The third kappa shape index (κ3) is 4.10. The monoisotopic (exact) mass is 286 g/mol. The van der Waals surface area contributed by atoms with Crippen LogP contribution in [0.4, 0.5) is 0 Å². The first-order valence-electron chi connectivity index (χ1n) is 6.59. The van der Waals surface area contributed by atoms with Crippen molar-refractivity contribution in [2.24, 2.45) is 4.99 Å². The highest BCUT2D eigenvalue weighted by Crippen LogP contribution is 2.16. The first kappa shape index (κ1) is 14.6. The van der Waals surface area contributed by atoms with Gasteiger partial charge in [0.05, 0.1) is 5.75 Å². The lowest BCUT2D eigenvalue weighted by Gasteiger charge is -2.07. The summed E-state index contributed by atoms with van der Waals surface area (Å²) in [5, 5.41) is 0. The fraction of sp³-hybridized carbons (Fsp3) is 0.250. The number of carbonyl (C=O) groups excluding carboxylic acids is 1. The summed E-state index contributed by atoms with van der Waals surface area (Å²) >= 11 is 1.54. The summed E-state index contributed by atoms with van der Waals surface area (Å²) in [6, 6.07) is 15.7. The lowest BCUT2D eigenvalue weighted by atomic mass is 10.4. The molecule has 0 fully saturated rings.